The molecule has 2 bridgehead atoms. The monoisotopic (exact) mass is 778 g/mol. The fourth-order valence-electron chi connectivity index (χ4n) is 10.3. The number of aromatic nitrogens is 5. The molecule has 0 spiro atoms. The second-order valence-corrected chi connectivity index (χ2v) is 16.3. The summed E-state index contributed by atoms with van der Waals surface area (Å²) in [4.78, 5) is 27.4. The fourth-order valence-corrected chi connectivity index (χ4v) is 10.3. The third-order valence-corrected chi connectivity index (χ3v) is 13.0. The number of aryl methyl sites for hydroxylation is 1. The van der Waals surface area contributed by atoms with Crippen molar-refractivity contribution in [2.75, 3.05) is 31.2 Å². The van der Waals surface area contributed by atoms with E-state index in [1.807, 2.05) is 6.07 Å². The van der Waals surface area contributed by atoms with E-state index in [1.54, 1.807) is 18.2 Å². The molecule has 10 nitrogen and oxygen atoms in total. The number of hydrogen-bond acceptors (Lipinski definition) is 10. The highest BCUT2D eigenvalue weighted by Gasteiger charge is 2.50. The van der Waals surface area contributed by atoms with Crippen molar-refractivity contribution in [3.8, 4) is 35.5 Å². The Morgan fingerprint density at radius 1 is 1.00 bits per heavy atom. The molecule has 1 N–H and O–H groups in total. The Bertz CT molecular complexity index is 2460. The van der Waals surface area contributed by atoms with Gasteiger partial charge in [-0.15, -0.1) is 6.42 Å². The molecule has 10 rings (SSSR count). The van der Waals surface area contributed by atoms with Crippen molar-refractivity contribution >= 4 is 27.5 Å². The second-order valence-electron chi connectivity index (χ2n) is 16.3. The maximum Gasteiger partial charge on any atom is 0.319 e. The lowest BCUT2D eigenvalue weighted by Gasteiger charge is -2.43. The number of pyridine rings is 1. The molecule has 3 aromatic heterocycles. The van der Waals surface area contributed by atoms with Gasteiger partial charge >= 0.3 is 6.01 Å². The van der Waals surface area contributed by atoms with Crippen LogP contribution in [0.5, 0.6) is 11.9 Å². The van der Waals surface area contributed by atoms with Crippen molar-refractivity contribution in [1.29, 1.82) is 0 Å². The van der Waals surface area contributed by atoms with Gasteiger partial charge in [-0.2, -0.15) is 18.7 Å². The second kappa shape index (κ2) is 13.8. The van der Waals surface area contributed by atoms with E-state index in [0.29, 0.717) is 51.7 Å². The molecule has 0 unspecified atom stereocenters. The van der Waals surface area contributed by atoms with Crippen LogP contribution in [0.25, 0.3) is 32.9 Å². The highest BCUT2D eigenvalue weighted by molar-refractivity contribution is 6.02. The molecule has 0 aliphatic carbocycles. The number of anilines is 1. The van der Waals surface area contributed by atoms with E-state index >= 15 is 8.78 Å². The van der Waals surface area contributed by atoms with E-state index in [4.69, 9.17) is 30.8 Å². The number of hydrogen-bond donors (Lipinski definition) is 1. The molecule has 0 saturated carbocycles. The molecule has 8 heterocycles. The number of fused-ring (bicyclic) bond motifs is 7. The fraction of sp³-hybridized carbons (Fsp3) is 0.465. The highest BCUT2D eigenvalue weighted by atomic mass is 19.3. The first-order valence-electron chi connectivity index (χ1n) is 19.9. The van der Waals surface area contributed by atoms with Gasteiger partial charge in [-0.25, -0.2) is 23.7 Å². The molecule has 14 heteroatoms. The van der Waals surface area contributed by atoms with E-state index in [-0.39, 0.29) is 59.5 Å². The summed E-state index contributed by atoms with van der Waals surface area (Å²) in [6.07, 6.45) is 14.9. The summed E-state index contributed by atoms with van der Waals surface area (Å²) >= 11 is 0. The number of rotatable bonds is 8. The van der Waals surface area contributed by atoms with Crippen molar-refractivity contribution in [1.82, 2.24) is 35.1 Å². The van der Waals surface area contributed by atoms with Crippen molar-refractivity contribution in [3.63, 3.8) is 0 Å². The zero-order chi connectivity index (χ0) is 39.1. The van der Waals surface area contributed by atoms with E-state index in [1.165, 1.54) is 12.1 Å². The summed E-state index contributed by atoms with van der Waals surface area (Å²) in [5, 5.41) is 5.49. The van der Waals surface area contributed by atoms with Gasteiger partial charge < -0.3 is 19.7 Å². The summed E-state index contributed by atoms with van der Waals surface area (Å²) in [6.45, 7) is 2.91. The van der Waals surface area contributed by atoms with Gasteiger partial charge in [-0.3, -0.25) is 4.90 Å². The Hall–Kier alpha value is -5.13. The van der Waals surface area contributed by atoms with Gasteiger partial charge in [0.15, 0.2) is 5.82 Å². The largest absolute Gasteiger partial charge is 0.476 e. The first-order chi connectivity index (χ1) is 27.6. The van der Waals surface area contributed by atoms with Gasteiger partial charge in [-0.05, 0) is 75.8 Å². The third-order valence-electron chi connectivity index (χ3n) is 13.0. The average Bonchev–Trinajstić information content (AvgIpc) is 3.90. The standard InChI is InChI=1S/C43H42F4N8O2/c1-3-27-29(44)13-11-24-7-4-8-28(35(24)27)38-37(45)39-36-31(51-38)9-5-10-32-30-14-12-25(50-30)20-54(32)40(36)53-41(52-39)57-22-43-16-6-18-55(43)26(15-17-43)21-56-34-19-33(42(2,46)47)48-23-49-34/h1,4,7-8,11,13,19,23,25-26,30,32,50H,5-6,9-10,12,14-18,20-22H2,2H3/t25-,26+,30+,32-,43+/m1/s1. The number of terminal acetylenes is 1. The Balaban J connectivity index is 1.02. The highest BCUT2D eigenvalue weighted by Crippen LogP contribution is 2.45. The first-order valence-corrected chi connectivity index (χ1v) is 19.9. The van der Waals surface area contributed by atoms with Crippen LogP contribution in [0.1, 0.15) is 75.2 Å². The van der Waals surface area contributed by atoms with Crippen LogP contribution in [0, 0.1) is 24.0 Å². The van der Waals surface area contributed by atoms with Crippen LogP contribution in [0.15, 0.2) is 42.7 Å². The molecular weight excluding hydrogens is 737 g/mol. The lowest BCUT2D eigenvalue weighted by Crippen LogP contribution is -2.58. The van der Waals surface area contributed by atoms with Crippen LogP contribution in [0.2, 0.25) is 0 Å². The molecule has 4 saturated heterocycles. The van der Waals surface area contributed by atoms with E-state index in [0.717, 1.165) is 77.7 Å². The summed E-state index contributed by atoms with van der Waals surface area (Å²) in [5.41, 5.74) is 0.628. The zero-order valence-corrected chi connectivity index (χ0v) is 31.6. The predicted molar refractivity (Wildman–Crippen MR) is 206 cm³/mol. The van der Waals surface area contributed by atoms with E-state index in [2.05, 4.69) is 31.0 Å². The number of piperazine rings is 1. The van der Waals surface area contributed by atoms with Gasteiger partial charge in [0.1, 0.15) is 48.1 Å². The summed E-state index contributed by atoms with van der Waals surface area (Å²) in [5.74, 6) is -1.06. The quantitative estimate of drug-likeness (QED) is 0.130. The van der Waals surface area contributed by atoms with Crippen molar-refractivity contribution in [2.45, 2.75) is 100 Å². The summed E-state index contributed by atoms with van der Waals surface area (Å²) in [7, 11) is 0. The molecule has 0 radical (unpaired) electrons. The number of benzene rings is 2. The molecular formula is C43H42F4N8O2. The van der Waals surface area contributed by atoms with Gasteiger partial charge in [0.2, 0.25) is 5.88 Å². The summed E-state index contributed by atoms with van der Waals surface area (Å²) < 4.78 is 72.9. The SMILES string of the molecule is C#Cc1c(F)ccc2cccc(-c3nc4c5c(nc(OC[C@@]67CCCN6[C@H](COc6cc(C(C)(F)F)ncn6)CC7)nc5c3F)N3C[C@H]5CC[C@H](N5)[C@H]3CCC4)c12. The summed E-state index contributed by atoms with van der Waals surface area (Å²) in [6, 6.07) is 10.4. The molecule has 5 aromatic rings. The minimum absolute atomic E-state index is 0.0201. The third kappa shape index (κ3) is 6.12. The number of nitrogens with one attached hydrogen (secondary N) is 1. The molecule has 5 atom stereocenters. The van der Waals surface area contributed by atoms with Crippen LogP contribution in [0.3, 0.4) is 0 Å². The molecule has 57 heavy (non-hydrogen) atoms. The zero-order valence-electron chi connectivity index (χ0n) is 31.6. The molecule has 5 aliphatic heterocycles. The number of nitrogens with zero attached hydrogens (tertiary/aromatic N) is 7. The van der Waals surface area contributed by atoms with Crippen LogP contribution in [0.4, 0.5) is 23.4 Å². The van der Waals surface area contributed by atoms with Crippen LogP contribution < -0.4 is 19.7 Å². The molecule has 5 aliphatic rings. The number of halogens is 4. The predicted octanol–water partition coefficient (Wildman–Crippen LogP) is 7.11. The maximum atomic E-state index is 17.4. The number of ether oxygens (including phenoxy) is 2. The average molecular weight is 779 g/mol. The van der Waals surface area contributed by atoms with Crippen molar-refractivity contribution < 1.29 is 27.0 Å². The molecule has 2 aromatic carbocycles. The van der Waals surface area contributed by atoms with Gasteiger partial charge in [-0.1, -0.05) is 30.2 Å². The van der Waals surface area contributed by atoms with Gasteiger partial charge in [0, 0.05) is 54.7 Å². The topological polar surface area (TPSA) is 101 Å². The molecule has 294 valence electrons. The Kier molecular flexibility index (Phi) is 8.75. The number of alkyl halides is 2. The van der Waals surface area contributed by atoms with Crippen LogP contribution in [-0.4, -0.2) is 85.8 Å². The lowest BCUT2D eigenvalue weighted by molar-refractivity contribution is 0.0121. The minimum atomic E-state index is -3.10. The smallest absolute Gasteiger partial charge is 0.319 e. The van der Waals surface area contributed by atoms with E-state index in [9.17, 15) is 8.78 Å². The van der Waals surface area contributed by atoms with Gasteiger partial charge in [0.05, 0.1) is 22.2 Å². The normalized spacial score (nSPS) is 25.6. The van der Waals surface area contributed by atoms with Crippen molar-refractivity contribution in [3.05, 3.63) is 71.3 Å². The minimum Gasteiger partial charge on any atom is -0.476 e. The van der Waals surface area contributed by atoms with Crippen LogP contribution in [-0.2, 0) is 12.3 Å². The molecule has 4 fully saturated rings. The Labute approximate surface area is 327 Å². The van der Waals surface area contributed by atoms with E-state index < -0.39 is 23.3 Å². The maximum absolute atomic E-state index is 17.4. The Morgan fingerprint density at radius 2 is 1.89 bits per heavy atom. The molecule has 0 amide bonds. The Morgan fingerprint density at radius 3 is 2.75 bits per heavy atom. The lowest BCUT2D eigenvalue weighted by atomic mass is 9.93. The van der Waals surface area contributed by atoms with Crippen LogP contribution >= 0.6 is 0 Å². The van der Waals surface area contributed by atoms with Crippen molar-refractivity contribution in [2.24, 2.45) is 0 Å². The van der Waals surface area contributed by atoms with Gasteiger partial charge in [0.25, 0.3) is 5.92 Å². The first kappa shape index (κ1) is 36.2.